The van der Waals surface area contributed by atoms with Crippen LogP contribution in [0.4, 0.5) is 0 Å². The topological polar surface area (TPSA) is 26.3 Å². The van der Waals surface area contributed by atoms with E-state index in [1.54, 1.807) is 6.92 Å². The van der Waals surface area contributed by atoms with Gasteiger partial charge in [-0.05, 0) is 32.3 Å². The van der Waals surface area contributed by atoms with Crippen LogP contribution in [0.15, 0.2) is 42.5 Å². The molecule has 0 amide bonds. The molecule has 0 saturated heterocycles. The number of rotatable bonds is 11. The fraction of sp³-hybridized carbons (Fsp3) is 0.571. The lowest BCUT2D eigenvalue weighted by Gasteiger charge is -2.30. The summed E-state index contributed by atoms with van der Waals surface area (Å²) in [4.78, 5) is 12.0. The van der Waals surface area contributed by atoms with Gasteiger partial charge in [0, 0.05) is 5.57 Å². The minimum Gasteiger partial charge on any atom is -0.451 e. The van der Waals surface area contributed by atoms with Crippen molar-refractivity contribution in [2.45, 2.75) is 77.7 Å². The van der Waals surface area contributed by atoms with Crippen LogP contribution < -0.4 is 0 Å². The highest BCUT2D eigenvalue weighted by Gasteiger charge is 2.30. The lowest BCUT2D eigenvalue weighted by atomic mass is 9.89. The number of ether oxygens (including phenoxy) is 1. The van der Waals surface area contributed by atoms with E-state index in [2.05, 4.69) is 13.5 Å². The zero-order valence-electron chi connectivity index (χ0n) is 15.1. The number of hydrogen-bond acceptors (Lipinski definition) is 2. The van der Waals surface area contributed by atoms with E-state index < -0.39 is 5.60 Å². The number of hydrogen-bond donors (Lipinski definition) is 0. The van der Waals surface area contributed by atoms with E-state index in [0.717, 1.165) is 18.4 Å². The average molecular weight is 316 g/mol. The predicted octanol–water partition coefficient (Wildman–Crippen LogP) is 6.16. The van der Waals surface area contributed by atoms with E-state index in [1.165, 1.54) is 38.5 Å². The monoisotopic (exact) mass is 316 g/mol. The maximum Gasteiger partial charge on any atom is 0.333 e. The molecule has 1 atom stereocenters. The second-order valence-electron chi connectivity index (χ2n) is 6.64. The lowest BCUT2D eigenvalue weighted by molar-refractivity contribution is -0.155. The van der Waals surface area contributed by atoms with Crippen molar-refractivity contribution < 1.29 is 9.53 Å². The molecule has 0 aliphatic carbocycles. The van der Waals surface area contributed by atoms with Crippen LogP contribution >= 0.6 is 0 Å². The average Bonchev–Trinajstić information content (AvgIpc) is 2.54. The van der Waals surface area contributed by atoms with Crippen LogP contribution in [0.3, 0.4) is 0 Å². The molecule has 0 aliphatic heterocycles. The van der Waals surface area contributed by atoms with Crippen molar-refractivity contribution in [3.63, 3.8) is 0 Å². The molecule has 2 heteroatoms. The summed E-state index contributed by atoms with van der Waals surface area (Å²) in [6, 6.07) is 10.0. The maximum absolute atomic E-state index is 12.0. The first-order chi connectivity index (χ1) is 11.0. The van der Waals surface area contributed by atoms with E-state index in [9.17, 15) is 4.79 Å². The van der Waals surface area contributed by atoms with Crippen LogP contribution in [0.5, 0.6) is 0 Å². The van der Waals surface area contributed by atoms with Crippen molar-refractivity contribution in [1.29, 1.82) is 0 Å². The van der Waals surface area contributed by atoms with Gasteiger partial charge in [-0.15, -0.1) is 0 Å². The molecule has 1 aromatic rings. The van der Waals surface area contributed by atoms with Gasteiger partial charge in [0.2, 0.25) is 0 Å². The summed E-state index contributed by atoms with van der Waals surface area (Å²) in [5.74, 6) is -0.306. The van der Waals surface area contributed by atoms with Crippen LogP contribution in [0.2, 0.25) is 0 Å². The highest BCUT2D eigenvalue weighted by Crippen LogP contribution is 2.32. The van der Waals surface area contributed by atoms with Crippen LogP contribution in [-0.2, 0) is 15.1 Å². The SMILES string of the molecule is C=C(C)C(=O)OC(C)(CCCCCCCCC)c1ccccc1. The molecule has 128 valence electrons. The zero-order chi connectivity index (χ0) is 17.1. The molecule has 0 heterocycles. The molecular weight excluding hydrogens is 284 g/mol. The zero-order valence-corrected chi connectivity index (χ0v) is 15.1. The molecule has 1 unspecified atom stereocenters. The molecule has 0 saturated carbocycles. The molecule has 2 nitrogen and oxygen atoms in total. The van der Waals surface area contributed by atoms with E-state index in [0.29, 0.717) is 5.57 Å². The Morgan fingerprint density at radius 1 is 1.04 bits per heavy atom. The standard InChI is InChI=1S/C21H32O2/c1-5-6-7-8-9-10-14-17-21(4,23-20(22)18(2)3)19-15-12-11-13-16-19/h11-13,15-16H,2,5-10,14,17H2,1,3-4H3. The fourth-order valence-electron chi connectivity index (χ4n) is 2.76. The maximum atomic E-state index is 12.0. The number of benzene rings is 1. The lowest BCUT2D eigenvalue weighted by Crippen LogP contribution is -2.29. The number of unbranched alkanes of at least 4 members (excludes halogenated alkanes) is 6. The summed E-state index contributed by atoms with van der Waals surface area (Å²) in [7, 11) is 0. The number of esters is 1. The molecule has 23 heavy (non-hydrogen) atoms. The molecule has 0 aliphatic rings. The molecule has 0 aromatic heterocycles. The van der Waals surface area contributed by atoms with Crippen molar-refractivity contribution in [3.05, 3.63) is 48.0 Å². The van der Waals surface area contributed by atoms with E-state index in [4.69, 9.17) is 4.74 Å². The van der Waals surface area contributed by atoms with Crippen molar-refractivity contribution >= 4 is 5.97 Å². The van der Waals surface area contributed by atoms with Gasteiger partial charge >= 0.3 is 5.97 Å². The summed E-state index contributed by atoms with van der Waals surface area (Å²) >= 11 is 0. The van der Waals surface area contributed by atoms with E-state index >= 15 is 0 Å². The predicted molar refractivity (Wildman–Crippen MR) is 97.3 cm³/mol. The molecule has 0 radical (unpaired) electrons. The molecular formula is C21H32O2. The molecule has 0 spiro atoms. The minimum absolute atomic E-state index is 0.306. The summed E-state index contributed by atoms with van der Waals surface area (Å²) in [5.41, 5.74) is 0.938. The third-order valence-corrected chi connectivity index (χ3v) is 4.31. The first-order valence-corrected chi connectivity index (χ1v) is 8.94. The Morgan fingerprint density at radius 2 is 1.61 bits per heavy atom. The molecule has 1 aromatic carbocycles. The smallest absolute Gasteiger partial charge is 0.333 e. The fourth-order valence-corrected chi connectivity index (χ4v) is 2.76. The van der Waals surface area contributed by atoms with Crippen LogP contribution in [0.1, 0.15) is 77.7 Å². The van der Waals surface area contributed by atoms with Crippen LogP contribution in [-0.4, -0.2) is 5.97 Å². The highest BCUT2D eigenvalue weighted by molar-refractivity contribution is 5.87. The van der Waals surface area contributed by atoms with Gasteiger partial charge in [0.15, 0.2) is 0 Å². The van der Waals surface area contributed by atoms with Crippen LogP contribution in [0, 0.1) is 0 Å². The summed E-state index contributed by atoms with van der Waals surface area (Å²) in [6.45, 7) is 9.64. The van der Waals surface area contributed by atoms with Gasteiger partial charge in [-0.25, -0.2) is 4.79 Å². The van der Waals surface area contributed by atoms with Crippen molar-refractivity contribution in [3.8, 4) is 0 Å². The van der Waals surface area contributed by atoms with Gasteiger partial charge in [0.1, 0.15) is 5.60 Å². The summed E-state index contributed by atoms with van der Waals surface area (Å²) in [5, 5.41) is 0. The van der Waals surface area contributed by atoms with Crippen molar-refractivity contribution in [2.75, 3.05) is 0 Å². The van der Waals surface area contributed by atoms with Crippen molar-refractivity contribution in [2.24, 2.45) is 0 Å². The number of carbonyl (C=O) groups is 1. The largest absolute Gasteiger partial charge is 0.451 e. The van der Waals surface area contributed by atoms with Gasteiger partial charge in [0.05, 0.1) is 0 Å². The van der Waals surface area contributed by atoms with Gasteiger partial charge < -0.3 is 4.74 Å². The Bertz CT molecular complexity index is 478. The molecule has 0 N–H and O–H groups in total. The quantitative estimate of drug-likeness (QED) is 0.277. The third kappa shape index (κ3) is 7.02. The van der Waals surface area contributed by atoms with E-state index in [1.807, 2.05) is 37.3 Å². The first kappa shape index (κ1) is 19.5. The van der Waals surface area contributed by atoms with Crippen molar-refractivity contribution in [1.82, 2.24) is 0 Å². The Hall–Kier alpha value is -1.57. The Balaban J connectivity index is 2.59. The summed E-state index contributed by atoms with van der Waals surface area (Å²) in [6.07, 6.45) is 9.63. The Morgan fingerprint density at radius 3 is 2.17 bits per heavy atom. The van der Waals surface area contributed by atoms with Gasteiger partial charge in [-0.1, -0.05) is 82.4 Å². The van der Waals surface area contributed by atoms with Gasteiger partial charge in [-0.3, -0.25) is 0 Å². The number of carbonyl (C=O) groups excluding carboxylic acids is 1. The van der Waals surface area contributed by atoms with Crippen LogP contribution in [0.25, 0.3) is 0 Å². The minimum atomic E-state index is -0.569. The molecule has 0 bridgehead atoms. The summed E-state index contributed by atoms with van der Waals surface area (Å²) < 4.78 is 5.79. The second-order valence-corrected chi connectivity index (χ2v) is 6.64. The Labute approximate surface area is 141 Å². The first-order valence-electron chi connectivity index (χ1n) is 8.94. The van der Waals surface area contributed by atoms with Gasteiger partial charge in [-0.2, -0.15) is 0 Å². The molecule has 1 rings (SSSR count). The Kier molecular flexibility index (Phi) is 8.68. The third-order valence-electron chi connectivity index (χ3n) is 4.31. The normalized spacial score (nSPS) is 13.3. The second kappa shape index (κ2) is 10.3. The highest BCUT2D eigenvalue weighted by atomic mass is 16.6. The van der Waals surface area contributed by atoms with Gasteiger partial charge in [0.25, 0.3) is 0 Å². The van der Waals surface area contributed by atoms with E-state index in [-0.39, 0.29) is 5.97 Å². The molecule has 0 fully saturated rings.